The Morgan fingerprint density at radius 2 is 1.82 bits per heavy atom. The summed E-state index contributed by atoms with van der Waals surface area (Å²) in [5, 5.41) is 8.51. The fourth-order valence-electron chi connectivity index (χ4n) is 0.942. The molecule has 1 rings (SSSR count). The number of carboxylic acids is 1. The maximum absolute atomic E-state index is 12.5. The molecule has 1 atom stereocenters. The topological polar surface area (TPSA) is 95.5 Å². The van der Waals surface area contributed by atoms with Crippen LogP contribution in [0.4, 0.5) is 13.2 Å². The summed E-state index contributed by atoms with van der Waals surface area (Å²) in [6.45, 7) is 0.251. The van der Waals surface area contributed by atoms with Gasteiger partial charge in [-0.05, 0) is 19.8 Å². The molecule has 6 nitrogen and oxygen atoms in total. The molecule has 17 heavy (non-hydrogen) atoms. The molecule has 3 N–H and O–H groups in total. The Kier molecular flexibility index (Phi) is 3.43. The second-order valence-corrected chi connectivity index (χ2v) is 5.37. The van der Waals surface area contributed by atoms with Crippen molar-refractivity contribution in [1.29, 1.82) is 0 Å². The van der Waals surface area contributed by atoms with E-state index in [2.05, 4.69) is 0 Å². The number of alkyl halides is 3. The lowest BCUT2D eigenvalue weighted by atomic mass is 10.0. The number of carboxylic acid groups (broad SMARTS) is 1. The zero-order chi connectivity index (χ0) is 13.5. The van der Waals surface area contributed by atoms with E-state index in [1.54, 1.807) is 0 Å². The largest absolute Gasteiger partial charge is 0.480 e. The zero-order valence-electron chi connectivity index (χ0n) is 8.71. The van der Waals surface area contributed by atoms with E-state index >= 15 is 0 Å². The van der Waals surface area contributed by atoms with Crippen LogP contribution in [0.25, 0.3) is 0 Å². The Balaban J connectivity index is 2.90. The van der Waals surface area contributed by atoms with Gasteiger partial charge in [0.05, 0.1) is 0 Å². The summed E-state index contributed by atoms with van der Waals surface area (Å²) in [5.41, 5.74) is -3.55. The Morgan fingerprint density at radius 3 is 2.12 bits per heavy atom. The number of halogens is 3. The predicted molar refractivity (Wildman–Crippen MR) is 50.3 cm³/mol. The summed E-state index contributed by atoms with van der Waals surface area (Å²) in [4.78, 5) is 10.6. The van der Waals surface area contributed by atoms with Gasteiger partial charge < -0.3 is 5.11 Å². The molecule has 0 aromatic heterocycles. The van der Waals surface area contributed by atoms with Gasteiger partial charge in [0.15, 0.2) is 0 Å². The molecule has 1 fully saturated rings. The number of rotatable bonds is 5. The second kappa shape index (κ2) is 4.10. The highest BCUT2D eigenvalue weighted by Gasteiger charge is 2.59. The number of nitrogens with one attached hydrogen (secondary N) is 2. The van der Waals surface area contributed by atoms with Gasteiger partial charge in [-0.25, -0.2) is 4.79 Å². The first-order chi connectivity index (χ1) is 7.48. The molecule has 1 aliphatic rings. The van der Waals surface area contributed by atoms with Crippen LogP contribution in [-0.2, 0) is 15.0 Å². The van der Waals surface area contributed by atoms with Crippen molar-refractivity contribution in [2.24, 2.45) is 0 Å². The molecule has 0 amide bonds. The summed E-state index contributed by atoms with van der Waals surface area (Å²) in [6, 6.07) is -0.418. The van der Waals surface area contributed by atoms with Crippen LogP contribution in [0.3, 0.4) is 0 Å². The number of carbonyl (C=O) groups is 1. The van der Waals surface area contributed by atoms with Gasteiger partial charge in [-0.15, -0.1) is 0 Å². The highest BCUT2D eigenvalue weighted by Crippen LogP contribution is 2.31. The molecule has 10 heteroatoms. The van der Waals surface area contributed by atoms with Gasteiger partial charge in [0.1, 0.15) is 0 Å². The lowest BCUT2D eigenvalue weighted by Crippen LogP contribution is -2.63. The highest BCUT2D eigenvalue weighted by atomic mass is 32.2. The molecule has 0 bridgehead atoms. The summed E-state index contributed by atoms with van der Waals surface area (Å²) in [6.07, 6.45) is -4.19. The highest BCUT2D eigenvalue weighted by molar-refractivity contribution is 7.87. The first-order valence-corrected chi connectivity index (χ1v) is 6.07. The van der Waals surface area contributed by atoms with Crippen molar-refractivity contribution in [1.82, 2.24) is 9.44 Å². The molecular weight excluding hydrogens is 265 g/mol. The maximum Gasteiger partial charge on any atom is 0.418 e. The lowest BCUT2D eigenvalue weighted by Gasteiger charge is -2.28. The fraction of sp³-hybridized carbons (Fsp3) is 0.857. The van der Waals surface area contributed by atoms with E-state index in [0.29, 0.717) is 12.8 Å². The van der Waals surface area contributed by atoms with Crippen molar-refractivity contribution in [3.63, 3.8) is 0 Å². The van der Waals surface area contributed by atoms with E-state index in [9.17, 15) is 26.4 Å². The van der Waals surface area contributed by atoms with E-state index < -0.39 is 33.9 Å². The van der Waals surface area contributed by atoms with Crippen LogP contribution in [0, 0.1) is 0 Å². The van der Waals surface area contributed by atoms with Crippen molar-refractivity contribution >= 4 is 16.2 Å². The average molecular weight is 276 g/mol. The van der Waals surface area contributed by atoms with Crippen molar-refractivity contribution in [2.45, 2.75) is 37.5 Å². The maximum atomic E-state index is 12.5. The summed E-state index contributed by atoms with van der Waals surface area (Å²) < 4.78 is 63.1. The Labute approximate surface area is 95.4 Å². The third-order valence-corrected chi connectivity index (χ3v) is 3.55. The number of hydrogen-bond donors (Lipinski definition) is 3. The Hall–Kier alpha value is -0.870. The molecule has 0 aromatic carbocycles. The lowest BCUT2D eigenvalue weighted by molar-refractivity contribution is -0.201. The summed E-state index contributed by atoms with van der Waals surface area (Å²) in [7, 11) is -4.50. The van der Waals surface area contributed by atoms with Crippen LogP contribution in [0.15, 0.2) is 0 Å². The van der Waals surface area contributed by atoms with Crippen LogP contribution in [0.1, 0.15) is 19.8 Å². The van der Waals surface area contributed by atoms with E-state index in [0.717, 1.165) is 4.72 Å². The molecule has 100 valence electrons. The van der Waals surface area contributed by atoms with Gasteiger partial charge in [0, 0.05) is 6.04 Å². The van der Waals surface area contributed by atoms with Gasteiger partial charge in [-0.2, -0.15) is 31.0 Å². The van der Waals surface area contributed by atoms with Gasteiger partial charge in [-0.1, -0.05) is 0 Å². The molecule has 0 saturated heterocycles. The molecule has 0 spiro atoms. The summed E-state index contributed by atoms with van der Waals surface area (Å²) in [5.74, 6) is -2.31. The summed E-state index contributed by atoms with van der Waals surface area (Å²) >= 11 is 0. The molecule has 1 unspecified atom stereocenters. The van der Waals surface area contributed by atoms with Gasteiger partial charge >= 0.3 is 12.1 Å². The van der Waals surface area contributed by atoms with Gasteiger partial charge in [-0.3, -0.25) is 0 Å². The molecule has 0 aromatic rings. The molecular formula is C7H11F3N2O4S. The minimum atomic E-state index is -5.24. The predicted octanol–water partition coefficient (Wildman–Crippen LogP) is -0.0216. The van der Waals surface area contributed by atoms with E-state index in [1.165, 1.54) is 0 Å². The smallest absolute Gasteiger partial charge is 0.418 e. The van der Waals surface area contributed by atoms with E-state index in [1.807, 2.05) is 4.72 Å². The van der Waals surface area contributed by atoms with Crippen molar-refractivity contribution in [2.75, 3.05) is 0 Å². The minimum absolute atomic E-state index is 0.251. The van der Waals surface area contributed by atoms with E-state index in [-0.39, 0.29) is 6.92 Å². The number of aliphatic carboxylic acids is 1. The second-order valence-electron chi connectivity index (χ2n) is 3.93. The van der Waals surface area contributed by atoms with Crippen LogP contribution in [-0.4, -0.2) is 37.3 Å². The van der Waals surface area contributed by atoms with Crippen molar-refractivity contribution in [3.8, 4) is 0 Å². The quantitative estimate of drug-likeness (QED) is 0.657. The van der Waals surface area contributed by atoms with Crippen LogP contribution >= 0.6 is 0 Å². The first-order valence-electron chi connectivity index (χ1n) is 4.59. The van der Waals surface area contributed by atoms with Gasteiger partial charge in [0.2, 0.25) is 5.54 Å². The Bertz CT molecular complexity index is 417. The SMILES string of the molecule is CC(NS(=O)(=O)NC1CC1)(C(=O)O)C(F)(F)F. The Morgan fingerprint density at radius 1 is 1.35 bits per heavy atom. The normalized spacial score (nSPS) is 20.9. The average Bonchev–Trinajstić information content (AvgIpc) is 2.83. The van der Waals surface area contributed by atoms with Crippen LogP contribution < -0.4 is 9.44 Å². The van der Waals surface area contributed by atoms with Crippen molar-refractivity contribution < 1.29 is 31.5 Å². The van der Waals surface area contributed by atoms with Crippen molar-refractivity contribution in [3.05, 3.63) is 0 Å². The molecule has 1 saturated carbocycles. The van der Waals surface area contributed by atoms with E-state index in [4.69, 9.17) is 5.11 Å². The van der Waals surface area contributed by atoms with Crippen LogP contribution in [0.5, 0.6) is 0 Å². The zero-order valence-corrected chi connectivity index (χ0v) is 9.52. The number of hydrogen-bond acceptors (Lipinski definition) is 3. The monoisotopic (exact) mass is 276 g/mol. The van der Waals surface area contributed by atoms with Gasteiger partial charge in [0.25, 0.3) is 10.2 Å². The molecule has 0 heterocycles. The molecule has 1 aliphatic carbocycles. The molecule has 0 aliphatic heterocycles. The first kappa shape index (κ1) is 14.2. The fourth-order valence-corrected chi connectivity index (χ4v) is 2.42. The third kappa shape index (κ3) is 3.30. The minimum Gasteiger partial charge on any atom is -0.480 e. The van der Waals surface area contributed by atoms with Crippen LogP contribution in [0.2, 0.25) is 0 Å². The molecule has 0 radical (unpaired) electrons. The third-order valence-electron chi connectivity index (χ3n) is 2.23. The standard InChI is InChI=1S/C7H11F3N2O4S/c1-6(5(13)14,7(8,9)10)12-17(15,16)11-4-2-3-4/h4,11-12H,2-3H2,1H3,(H,13,14).